The second-order valence-electron chi connectivity index (χ2n) is 5.86. The van der Waals surface area contributed by atoms with Gasteiger partial charge in [0.25, 0.3) is 0 Å². The lowest BCUT2D eigenvalue weighted by Crippen LogP contribution is -2.51. The van der Waals surface area contributed by atoms with E-state index in [4.69, 9.17) is 11.6 Å². The normalized spacial score (nSPS) is 16.6. The van der Waals surface area contributed by atoms with Crippen molar-refractivity contribution in [3.05, 3.63) is 23.4 Å². The van der Waals surface area contributed by atoms with Gasteiger partial charge in [-0.25, -0.2) is 4.98 Å². The summed E-state index contributed by atoms with van der Waals surface area (Å²) in [6.45, 7) is 9.01. The van der Waals surface area contributed by atoms with Gasteiger partial charge in [-0.2, -0.15) is 0 Å². The molecule has 0 aromatic carbocycles. The molecule has 2 rings (SSSR count). The minimum Gasteiger partial charge on any atom is -0.353 e. The molecule has 0 bridgehead atoms. The number of hydrogen-bond acceptors (Lipinski definition) is 3. The zero-order valence-corrected chi connectivity index (χ0v) is 12.4. The SMILES string of the molecule is CC(C)(C)C(=O)N1CCN(c2ccc(Cl)cn2)CC1. The fourth-order valence-corrected chi connectivity index (χ4v) is 2.28. The van der Waals surface area contributed by atoms with Crippen LogP contribution >= 0.6 is 11.6 Å². The van der Waals surface area contributed by atoms with Crippen LogP contribution in [-0.2, 0) is 4.79 Å². The van der Waals surface area contributed by atoms with Gasteiger partial charge in [-0.1, -0.05) is 32.4 Å². The maximum atomic E-state index is 12.2. The quantitative estimate of drug-likeness (QED) is 0.793. The molecule has 1 aromatic rings. The average molecular weight is 282 g/mol. The highest BCUT2D eigenvalue weighted by Crippen LogP contribution is 2.20. The van der Waals surface area contributed by atoms with Crippen molar-refractivity contribution in [3.63, 3.8) is 0 Å². The number of carbonyl (C=O) groups excluding carboxylic acids is 1. The molecule has 104 valence electrons. The van der Waals surface area contributed by atoms with Crippen molar-refractivity contribution < 1.29 is 4.79 Å². The Bertz CT molecular complexity index is 445. The van der Waals surface area contributed by atoms with E-state index in [-0.39, 0.29) is 11.3 Å². The molecule has 1 amide bonds. The van der Waals surface area contributed by atoms with Gasteiger partial charge in [-0.3, -0.25) is 4.79 Å². The molecule has 5 heteroatoms. The van der Waals surface area contributed by atoms with E-state index in [2.05, 4.69) is 9.88 Å². The number of anilines is 1. The fraction of sp³-hybridized carbons (Fsp3) is 0.571. The average Bonchev–Trinajstić information content (AvgIpc) is 2.38. The summed E-state index contributed by atoms with van der Waals surface area (Å²) in [5.41, 5.74) is -0.305. The van der Waals surface area contributed by atoms with Crippen LogP contribution < -0.4 is 4.90 Å². The Labute approximate surface area is 119 Å². The predicted molar refractivity (Wildman–Crippen MR) is 77.5 cm³/mol. The van der Waals surface area contributed by atoms with Crippen LogP contribution in [0.4, 0.5) is 5.82 Å². The standard InChI is InChI=1S/C14H20ClN3O/c1-14(2,3)13(19)18-8-6-17(7-9-18)12-5-4-11(15)10-16-12/h4-5,10H,6-9H2,1-3H3. The van der Waals surface area contributed by atoms with Crippen molar-refractivity contribution in [2.75, 3.05) is 31.1 Å². The third kappa shape index (κ3) is 3.38. The summed E-state index contributed by atoms with van der Waals surface area (Å²) in [4.78, 5) is 20.6. The number of aromatic nitrogens is 1. The van der Waals surface area contributed by atoms with Crippen molar-refractivity contribution in [2.45, 2.75) is 20.8 Å². The summed E-state index contributed by atoms with van der Waals surface area (Å²) in [5, 5.41) is 0.644. The monoisotopic (exact) mass is 281 g/mol. The van der Waals surface area contributed by atoms with E-state index in [0.29, 0.717) is 5.02 Å². The van der Waals surface area contributed by atoms with E-state index >= 15 is 0 Å². The number of piperazine rings is 1. The third-order valence-corrected chi connectivity index (χ3v) is 3.47. The molecule has 0 N–H and O–H groups in total. The summed E-state index contributed by atoms with van der Waals surface area (Å²) >= 11 is 5.83. The predicted octanol–water partition coefficient (Wildman–Crippen LogP) is 2.43. The van der Waals surface area contributed by atoms with Crippen LogP contribution in [0, 0.1) is 5.41 Å². The Morgan fingerprint density at radius 3 is 2.32 bits per heavy atom. The summed E-state index contributed by atoms with van der Waals surface area (Å²) < 4.78 is 0. The number of pyridine rings is 1. The highest BCUT2D eigenvalue weighted by atomic mass is 35.5. The van der Waals surface area contributed by atoms with E-state index < -0.39 is 0 Å². The van der Waals surface area contributed by atoms with Gasteiger partial charge >= 0.3 is 0 Å². The second-order valence-corrected chi connectivity index (χ2v) is 6.30. The van der Waals surface area contributed by atoms with Crippen LogP contribution in [0.25, 0.3) is 0 Å². The Balaban J connectivity index is 1.96. The van der Waals surface area contributed by atoms with Gasteiger partial charge in [0.05, 0.1) is 5.02 Å². The first-order valence-corrected chi connectivity index (χ1v) is 6.91. The molecule has 1 saturated heterocycles. The summed E-state index contributed by atoms with van der Waals surface area (Å²) in [7, 11) is 0. The van der Waals surface area contributed by atoms with Crippen molar-refractivity contribution in [1.82, 2.24) is 9.88 Å². The Hall–Kier alpha value is -1.29. The first kappa shape index (κ1) is 14.1. The van der Waals surface area contributed by atoms with Crippen LogP contribution in [0.1, 0.15) is 20.8 Å². The van der Waals surface area contributed by atoms with Gasteiger partial charge in [0.1, 0.15) is 5.82 Å². The van der Waals surface area contributed by atoms with Crippen LogP contribution in [0.15, 0.2) is 18.3 Å². The smallest absolute Gasteiger partial charge is 0.228 e. The molecule has 0 unspecified atom stereocenters. The van der Waals surface area contributed by atoms with Crippen molar-refractivity contribution in [2.24, 2.45) is 5.41 Å². The molecule has 4 nitrogen and oxygen atoms in total. The minimum atomic E-state index is -0.305. The van der Waals surface area contributed by atoms with Crippen LogP contribution in [0.3, 0.4) is 0 Å². The van der Waals surface area contributed by atoms with Crippen molar-refractivity contribution >= 4 is 23.3 Å². The maximum Gasteiger partial charge on any atom is 0.228 e. The number of halogens is 1. The van der Waals surface area contributed by atoms with Gasteiger partial charge < -0.3 is 9.80 Å². The molecule has 0 radical (unpaired) electrons. The minimum absolute atomic E-state index is 0.219. The third-order valence-electron chi connectivity index (χ3n) is 3.24. The number of nitrogens with zero attached hydrogens (tertiary/aromatic N) is 3. The molecule has 0 spiro atoms. The molecule has 19 heavy (non-hydrogen) atoms. The topological polar surface area (TPSA) is 36.4 Å². The first-order valence-electron chi connectivity index (χ1n) is 6.54. The molecule has 1 aromatic heterocycles. The van der Waals surface area contributed by atoms with E-state index in [1.165, 1.54) is 0 Å². The summed E-state index contributed by atoms with van der Waals surface area (Å²) in [6.07, 6.45) is 1.66. The molecule has 0 saturated carbocycles. The lowest BCUT2D eigenvalue weighted by Gasteiger charge is -2.38. The zero-order chi connectivity index (χ0) is 14.0. The molecule has 1 aliphatic heterocycles. The lowest BCUT2D eigenvalue weighted by atomic mass is 9.94. The number of carbonyl (C=O) groups is 1. The molecule has 2 heterocycles. The molecule has 0 atom stereocenters. The van der Waals surface area contributed by atoms with Gasteiger partial charge in [0.2, 0.25) is 5.91 Å². The van der Waals surface area contributed by atoms with Crippen LogP contribution in [-0.4, -0.2) is 42.0 Å². The van der Waals surface area contributed by atoms with Crippen LogP contribution in [0.5, 0.6) is 0 Å². The Kier molecular flexibility index (Phi) is 3.99. The highest BCUT2D eigenvalue weighted by Gasteiger charge is 2.29. The van der Waals surface area contributed by atoms with E-state index in [0.717, 1.165) is 32.0 Å². The Morgan fingerprint density at radius 1 is 1.21 bits per heavy atom. The zero-order valence-electron chi connectivity index (χ0n) is 11.7. The fourth-order valence-electron chi connectivity index (χ4n) is 2.17. The lowest BCUT2D eigenvalue weighted by molar-refractivity contribution is -0.139. The van der Waals surface area contributed by atoms with Gasteiger partial charge in [0, 0.05) is 37.8 Å². The van der Waals surface area contributed by atoms with Crippen LogP contribution in [0.2, 0.25) is 5.02 Å². The summed E-state index contributed by atoms with van der Waals surface area (Å²) in [6, 6.07) is 3.76. The largest absolute Gasteiger partial charge is 0.353 e. The number of amides is 1. The number of hydrogen-bond donors (Lipinski definition) is 0. The van der Waals surface area contributed by atoms with Gasteiger partial charge in [-0.15, -0.1) is 0 Å². The molecule has 1 fully saturated rings. The second kappa shape index (κ2) is 5.37. The van der Waals surface area contributed by atoms with E-state index in [1.807, 2.05) is 37.8 Å². The molecule has 0 aliphatic carbocycles. The van der Waals surface area contributed by atoms with Gasteiger partial charge in [-0.05, 0) is 12.1 Å². The first-order chi connectivity index (χ1) is 8.88. The Morgan fingerprint density at radius 2 is 1.84 bits per heavy atom. The van der Waals surface area contributed by atoms with Crippen molar-refractivity contribution in [3.8, 4) is 0 Å². The highest BCUT2D eigenvalue weighted by molar-refractivity contribution is 6.30. The van der Waals surface area contributed by atoms with Gasteiger partial charge in [0.15, 0.2) is 0 Å². The molecule has 1 aliphatic rings. The molecular weight excluding hydrogens is 262 g/mol. The van der Waals surface area contributed by atoms with E-state index in [9.17, 15) is 4.79 Å². The molecular formula is C14H20ClN3O. The van der Waals surface area contributed by atoms with Crippen molar-refractivity contribution in [1.29, 1.82) is 0 Å². The maximum absolute atomic E-state index is 12.2. The summed E-state index contributed by atoms with van der Waals surface area (Å²) in [5.74, 6) is 1.14. The number of rotatable bonds is 1. The van der Waals surface area contributed by atoms with E-state index in [1.54, 1.807) is 6.20 Å².